The zero-order valence-electron chi connectivity index (χ0n) is 12.7. The van der Waals surface area contributed by atoms with Gasteiger partial charge in [0.25, 0.3) is 5.91 Å². The second-order valence-corrected chi connectivity index (χ2v) is 5.43. The van der Waals surface area contributed by atoms with Gasteiger partial charge in [0.2, 0.25) is 0 Å². The lowest BCUT2D eigenvalue weighted by molar-refractivity contribution is 0.0954. The van der Waals surface area contributed by atoms with Crippen LogP contribution in [0.25, 0.3) is 5.65 Å². The van der Waals surface area contributed by atoms with Crippen LogP contribution in [0.4, 0.5) is 0 Å². The quantitative estimate of drug-likeness (QED) is 0.803. The number of rotatable bonds is 4. The Balaban J connectivity index is 1.64. The summed E-state index contributed by atoms with van der Waals surface area (Å²) in [5.74, 6) is 0.789. The van der Waals surface area contributed by atoms with Crippen molar-refractivity contribution in [2.24, 2.45) is 0 Å². The maximum Gasteiger partial charge on any atom is 0.251 e. The molecule has 1 N–H and O–H groups in total. The molecular weight excluding hydrogens is 276 g/mol. The molecule has 1 amide bonds. The Morgan fingerprint density at radius 2 is 1.91 bits per heavy atom. The van der Waals surface area contributed by atoms with Gasteiger partial charge in [-0.2, -0.15) is 0 Å². The van der Waals surface area contributed by atoms with Crippen molar-refractivity contribution < 1.29 is 4.79 Å². The van der Waals surface area contributed by atoms with Crippen LogP contribution in [-0.4, -0.2) is 27.0 Å². The average molecular weight is 294 g/mol. The average Bonchev–Trinajstić information content (AvgIpc) is 2.90. The molecule has 0 fully saturated rings. The lowest BCUT2D eigenvalue weighted by Crippen LogP contribution is -2.26. The molecule has 2 heterocycles. The van der Waals surface area contributed by atoms with Crippen molar-refractivity contribution in [3.8, 4) is 0 Å². The summed E-state index contributed by atoms with van der Waals surface area (Å²) in [7, 11) is 0. The largest absolute Gasteiger partial charge is 0.352 e. The molecular formula is C17H18N4O. The van der Waals surface area contributed by atoms with Gasteiger partial charge >= 0.3 is 0 Å². The van der Waals surface area contributed by atoms with Gasteiger partial charge in [0, 0.05) is 24.7 Å². The lowest BCUT2D eigenvalue weighted by Gasteiger charge is -2.06. The fourth-order valence-corrected chi connectivity index (χ4v) is 2.56. The summed E-state index contributed by atoms with van der Waals surface area (Å²) < 4.78 is 1.93. The van der Waals surface area contributed by atoms with E-state index in [1.807, 2.05) is 54.8 Å². The van der Waals surface area contributed by atoms with Crippen molar-refractivity contribution in [1.82, 2.24) is 19.9 Å². The van der Waals surface area contributed by atoms with Crippen LogP contribution in [0.3, 0.4) is 0 Å². The monoisotopic (exact) mass is 294 g/mol. The van der Waals surface area contributed by atoms with Gasteiger partial charge in [-0.3, -0.25) is 9.20 Å². The second kappa shape index (κ2) is 5.97. The number of aryl methyl sites for hydroxylation is 2. The van der Waals surface area contributed by atoms with Crippen molar-refractivity contribution in [3.63, 3.8) is 0 Å². The van der Waals surface area contributed by atoms with Gasteiger partial charge in [-0.05, 0) is 38.1 Å². The lowest BCUT2D eigenvalue weighted by atomic mass is 10.1. The molecule has 3 rings (SSSR count). The zero-order valence-corrected chi connectivity index (χ0v) is 12.7. The molecule has 0 bridgehead atoms. The number of nitrogens with one attached hydrogen (secondary N) is 1. The minimum Gasteiger partial charge on any atom is -0.352 e. The van der Waals surface area contributed by atoms with Gasteiger partial charge in [-0.1, -0.05) is 23.3 Å². The summed E-state index contributed by atoms with van der Waals surface area (Å²) in [6.07, 6.45) is 2.57. The standard InChI is InChI=1S/C17H18N4O/c1-12-9-13(2)11-14(10-12)17(22)18-7-6-16-20-19-15-5-3-4-8-21(15)16/h3-5,8-11H,6-7H2,1-2H3,(H,18,22). The predicted octanol–water partition coefficient (Wildman–Crippen LogP) is 2.32. The first-order valence-electron chi connectivity index (χ1n) is 7.28. The second-order valence-electron chi connectivity index (χ2n) is 5.43. The van der Waals surface area contributed by atoms with Crippen LogP contribution in [0.5, 0.6) is 0 Å². The number of hydrogen-bond donors (Lipinski definition) is 1. The molecule has 0 radical (unpaired) electrons. The van der Waals surface area contributed by atoms with Crippen LogP contribution < -0.4 is 5.32 Å². The number of pyridine rings is 1. The highest BCUT2D eigenvalue weighted by Crippen LogP contribution is 2.09. The van der Waals surface area contributed by atoms with Gasteiger partial charge in [0.05, 0.1) is 0 Å². The first-order chi connectivity index (χ1) is 10.6. The highest BCUT2D eigenvalue weighted by atomic mass is 16.1. The molecule has 0 aliphatic heterocycles. The molecule has 0 unspecified atom stereocenters. The Hall–Kier alpha value is -2.69. The number of nitrogens with zero attached hydrogens (tertiary/aromatic N) is 3. The summed E-state index contributed by atoms with van der Waals surface area (Å²) in [6, 6.07) is 11.6. The minimum absolute atomic E-state index is 0.0550. The molecule has 112 valence electrons. The van der Waals surface area contributed by atoms with E-state index in [9.17, 15) is 4.79 Å². The predicted molar refractivity (Wildman–Crippen MR) is 84.9 cm³/mol. The summed E-state index contributed by atoms with van der Waals surface area (Å²) in [4.78, 5) is 12.2. The van der Waals surface area contributed by atoms with Crippen molar-refractivity contribution in [3.05, 3.63) is 65.1 Å². The molecule has 0 atom stereocenters. The van der Waals surface area contributed by atoms with E-state index < -0.39 is 0 Å². The highest BCUT2D eigenvalue weighted by Gasteiger charge is 2.08. The summed E-state index contributed by atoms with van der Waals surface area (Å²) in [5, 5.41) is 11.2. The van der Waals surface area contributed by atoms with Gasteiger partial charge in [-0.25, -0.2) is 0 Å². The number of amides is 1. The smallest absolute Gasteiger partial charge is 0.251 e. The SMILES string of the molecule is Cc1cc(C)cc(C(=O)NCCc2nnc3ccccn23)c1. The Morgan fingerprint density at radius 1 is 1.14 bits per heavy atom. The van der Waals surface area contributed by atoms with Gasteiger partial charge < -0.3 is 5.32 Å². The number of fused-ring (bicyclic) bond motifs is 1. The third-order valence-electron chi connectivity index (χ3n) is 3.50. The molecule has 5 heteroatoms. The molecule has 0 aliphatic carbocycles. The fourth-order valence-electron chi connectivity index (χ4n) is 2.56. The Morgan fingerprint density at radius 3 is 2.68 bits per heavy atom. The van der Waals surface area contributed by atoms with E-state index in [-0.39, 0.29) is 5.91 Å². The van der Waals surface area contributed by atoms with Crippen LogP contribution in [0, 0.1) is 13.8 Å². The zero-order chi connectivity index (χ0) is 15.5. The number of hydrogen-bond acceptors (Lipinski definition) is 3. The molecule has 0 saturated heterocycles. The van der Waals surface area contributed by atoms with Crippen LogP contribution in [-0.2, 0) is 6.42 Å². The maximum atomic E-state index is 12.2. The van der Waals surface area contributed by atoms with Crippen LogP contribution >= 0.6 is 0 Å². The minimum atomic E-state index is -0.0550. The number of carbonyl (C=O) groups excluding carboxylic acids is 1. The van der Waals surface area contributed by atoms with Crippen molar-refractivity contribution >= 4 is 11.6 Å². The fraction of sp³-hybridized carbons (Fsp3) is 0.235. The molecule has 0 saturated carbocycles. The molecule has 0 spiro atoms. The van der Waals surface area contributed by atoms with E-state index in [1.54, 1.807) is 0 Å². The highest BCUT2D eigenvalue weighted by molar-refractivity contribution is 5.94. The molecule has 2 aromatic heterocycles. The maximum absolute atomic E-state index is 12.2. The van der Waals surface area contributed by atoms with Crippen LogP contribution in [0.15, 0.2) is 42.6 Å². The normalized spacial score (nSPS) is 10.8. The van der Waals surface area contributed by atoms with E-state index >= 15 is 0 Å². The van der Waals surface area contributed by atoms with Crippen molar-refractivity contribution in [2.45, 2.75) is 20.3 Å². The number of benzene rings is 1. The third-order valence-corrected chi connectivity index (χ3v) is 3.50. The van der Waals surface area contributed by atoms with E-state index in [1.165, 1.54) is 0 Å². The Labute approximate surface area is 129 Å². The summed E-state index contributed by atoms with van der Waals surface area (Å²) >= 11 is 0. The van der Waals surface area contributed by atoms with Crippen molar-refractivity contribution in [2.75, 3.05) is 6.54 Å². The molecule has 3 aromatic rings. The van der Waals surface area contributed by atoms with Gasteiger partial charge in [0.15, 0.2) is 5.65 Å². The topological polar surface area (TPSA) is 59.3 Å². The molecule has 0 aliphatic rings. The summed E-state index contributed by atoms with van der Waals surface area (Å²) in [6.45, 7) is 4.51. The Bertz CT molecular complexity index is 802. The first kappa shape index (κ1) is 14.3. The molecule has 5 nitrogen and oxygen atoms in total. The molecule has 22 heavy (non-hydrogen) atoms. The Kier molecular flexibility index (Phi) is 3.87. The van der Waals surface area contributed by atoms with Crippen LogP contribution in [0.2, 0.25) is 0 Å². The van der Waals surface area contributed by atoms with Crippen molar-refractivity contribution in [1.29, 1.82) is 0 Å². The molecule has 1 aromatic carbocycles. The van der Waals surface area contributed by atoms with Gasteiger partial charge in [-0.15, -0.1) is 10.2 Å². The third kappa shape index (κ3) is 2.98. The number of aromatic nitrogens is 3. The summed E-state index contributed by atoms with van der Waals surface area (Å²) in [5.41, 5.74) is 3.70. The van der Waals surface area contributed by atoms with E-state index in [2.05, 4.69) is 21.6 Å². The van der Waals surface area contributed by atoms with E-state index in [4.69, 9.17) is 0 Å². The first-order valence-corrected chi connectivity index (χ1v) is 7.28. The van der Waals surface area contributed by atoms with Gasteiger partial charge in [0.1, 0.15) is 5.82 Å². The van der Waals surface area contributed by atoms with E-state index in [0.717, 1.165) is 22.6 Å². The van der Waals surface area contributed by atoms with E-state index in [0.29, 0.717) is 18.5 Å². The van der Waals surface area contributed by atoms with Crippen LogP contribution in [0.1, 0.15) is 27.3 Å². The number of carbonyl (C=O) groups is 1.